The Hall–Kier alpha value is -3.02. The fourth-order valence-electron chi connectivity index (χ4n) is 4.38. The molecule has 0 unspecified atom stereocenters. The van der Waals surface area contributed by atoms with E-state index in [4.69, 9.17) is 0 Å². The van der Waals surface area contributed by atoms with Crippen LogP contribution < -0.4 is 9.79 Å². The number of anilines is 2. The van der Waals surface area contributed by atoms with Gasteiger partial charge >= 0.3 is 0 Å². The molecule has 1 aliphatic heterocycles. The molecule has 1 heterocycles. The van der Waals surface area contributed by atoms with Gasteiger partial charge in [0.25, 0.3) is 0 Å². The third kappa shape index (κ3) is 4.51. The van der Waals surface area contributed by atoms with E-state index in [1.165, 1.54) is 6.07 Å². The number of fused-ring (bicyclic) bond motifs is 2. The molecule has 0 radical (unpaired) electrons. The van der Waals surface area contributed by atoms with Gasteiger partial charge in [-0.3, -0.25) is 14.7 Å². The van der Waals surface area contributed by atoms with Gasteiger partial charge in [0.1, 0.15) is 22.8 Å². The summed E-state index contributed by atoms with van der Waals surface area (Å²) < 4.78 is 29.7. The molecule has 2 aromatic rings. The van der Waals surface area contributed by atoms with Gasteiger partial charge < -0.3 is 10.2 Å². The molecule has 4 rings (SSSR count). The quantitative estimate of drug-likeness (QED) is 0.407. The Morgan fingerprint density at radius 2 is 1.89 bits per heavy atom. The van der Waals surface area contributed by atoms with E-state index in [0.29, 0.717) is 28.5 Å². The van der Waals surface area contributed by atoms with Gasteiger partial charge in [-0.15, -0.1) is 0 Å². The standard InChI is InChI=1S/C24H27N3O6S2/c1-13(2)9-10-24(3)16-8-6-5-7-15(16)21(29)19(22(24)30)23-25-34-18-12-14(26-35(4,32)33)11-17(28)20(18)27(23)31/h5-8,11-13,26,28-29,31H,9-10H2,1-4H3/t24-/m1/s1. The highest BCUT2D eigenvalue weighted by atomic mass is 32.2. The molecule has 2 aromatic carbocycles. The lowest BCUT2D eigenvalue weighted by molar-refractivity contribution is -0.120. The summed E-state index contributed by atoms with van der Waals surface area (Å²) in [5.41, 5.74) is 0.108. The minimum absolute atomic E-state index is 0.0742. The van der Waals surface area contributed by atoms with E-state index in [1.807, 2.05) is 19.1 Å². The number of Topliss-reactive ketones (excluding diaryl/α,β-unsaturated/α-hetero) is 1. The Balaban J connectivity index is 1.81. The molecule has 35 heavy (non-hydrogen) atoms. The van der Waals surface area contributed by atoms with Gasteiger partial charge in [0.15, 0.2) is 11.6 Å². The monoisotopic (exact) mass is 517 g/mol. The van der Waals surface area contributed by atoms with Gasteiger partial charge in [0, 0.05) is 23.6 Å². The average Bonchev–Trinajstić information content (AvgIpc) is 2.76. The van der Waals surface area contributed by atoms with Crippen LogP contribution in [-0.2, 0) is 20.2 Å². The minimum Gasteiger partial charge on any atom is -0.506 e. The number of carbonyl (C=O) groups excluding carboxylic acids is 1. The maximum absolute atomic E-state index is 13.9. The molecule has 11 heteroatoms. The average molecular weight is 518 g/mol. The fraction of sp³-hybridized carbons (Fsp3) is 0.333. The van der Waals surface area contributed by atoms with E-state index < -0.39 is 21.2 Å². The first-order chi connectivity index (χ1) is 16.3. The number of hydrogen-bond donors (Lipinski definition) is 4. The number of phenolic OH excluding ortho intramolecular Hbond substituents is 1. The maximum atomic E-state index is 13.9. The smallest absolute Gasteiger partial charge is 0.229 e. The Bertz CT molecular complexity index is 1380. The summed E-state index contributed by atoms with van der Waals surface area (Å²) in [6.45, 7) is 5.97. The van der Waals surface area contributed by atoms with Crippen molar-refractivity contribution in [1.82, 2.24) is 0 Å². The summed E-state index contributed by atoms with van der Waals surface area (Å²) in [5.74, 6) is -0.975. The normalized spacial score (nSPS) is 20.0. The third-order valence-electron chi connectivity index (χ3n) is 6.19. The molecule has 9 nitrogen and oxygen atoms in total. The van der Waals surface area contributed by atoms with Crippen LogP contribution in [0.15, 0.2) is 51.3 Å². The highest BCUT2D eigenvalue weighted by Gasteiger charge is 2.47. The molecule has 1 atom stereocenters. The molecular formula is C24H27N3O6S2. The highest BCUT2D eigenvalue weighted by molar-refractivity contribution is 7.98. The van der Waals surface area contributed by atoms with Crippen LogP contribution in [-0.4, -0.2) is 41.7 Å². The zero-order valence-electron chi connectivity index (χ0n) is 19.7. The number of rotatable bonds is 6. The molecule has 0 saturated carbocycles. The van der Waals surface area contributed by atoms with Crippen molar-refractivity contribution >= 4 is 50.7 Å². The van der Waals surface area contributed by atoms with Gasteiger partial charge in [-0.25, -0.2) is 8.42 Å². The number of ketones is 1. The van der Waals surface area contributed by atoms with Crippen LogP contribution >= 0.6 is 11.9 Å². The molecule has 2 aliphatic rings. The Morgan fingerprint density at radius 3 is 2.54 bits per heavy atom. The predicted molar refractivity (Wildman–Crippen MR) is 137 cm³/mol. The van der Waals surface area contributed by atoms with Crippen LogP contribution in [0.3, 0.4) is 0 Å². The lowest BCUT2D eigenvalue weighted by atomic mass is 9.66. The zero-order valence-corrected chi connectivity index (χ0v) is 21.4. The van der Waals surface area contributed by atoms with Crippen LogP contribution in [0.5, 0.6) is 5.75 Å². The summed E-state index contributed by atoms with van der Waals surface area (Å²) in [4.78, 5) is 14.2. The number of aliphatic hydroxyl groups is 1. The maximum Gasteiger partial charge on any atom is 0.229 e. The molecule has 0 bridgehead atoms. The van der Waals surface area contributed by atoms with Gasteiger partial charge in [-0.1, -0.05) is 38.1 Å². The summed E-state index contributed by atoms with van der Waals surface area (Å²) in [5, 5.41) is 33.3. The number of nitrogens with one attached hydrogen (secondary N) is 1. The third-order valence-corrected chi connectivity index (χ3v) is 7.57. The molecule has 4 N–H and O–H groups in total. The van der Waals surface area contributed by atoms with Crippen LogP contribution in [0, 0.1) is 5.92 Å². The van der Waals surface area contributed by atoms with Gasteiger partial charge in [-0.2, -0.15) is 9.46 Å². The van der Waals surface area contributed by atoms with E-state index in [9.17, 15) is 28.6 Å². The number of phenols is 1. The lowest BCUT2D eigenvalue weighted by Gasteiger charge is -2.37. The Labute approximate surface area is 208 Å². The fourth-order valence-corrected chi connectivity index (χ4v) is 5.74. The number of sulfonamides is 1. The van der Waals surface area contributed by atoms with Gasteiger partial charge in [-0.05, 0) is 37.3 Å². The van der Waals surface area contributed by atoms with Crippen LogP contribution in [0.2, 0.25) is 0 Å². The number of hydrogen-bond acceptors (Lipinski definition) is 9. The van der Waals surface area contributed by atoms with E-state index >= 15 is 0 Å². The molecule has 0 saturated heterocycles. The highest BCUT2D eigenvalue weighted by Crippen LogP contribution is 2.48. The van der Waals surface area contributed by atoms with Gasteiger partial charge in [0.05, 0.1) is 22.3 Å². The number of benzene rings is 2. The van der Waals surface area contributed by atoms with Gasteiger partial charge in [0.2, 0.25) is 10.0 Å². The molecule has 0 aromatic heterocycles. The number of hydroxylamine groups is 1. The predicted octanol–water partition coefficient (Wildman–Crippen LogP) is 4.62. The van der Waals surface area contributed by atoms with Crippen molar-refractivity contribution in [1.29, 1.82) is 0 Å². The molecule has 0 fully saturated rings. The summed E-state index contributed by atoms with van der Waals surface area (Å²) in [7, 11) is -3.60. The molecule has 0 amide bonds. The Kier molecular flexibility index (Phi) is 6.37. The van der Waals surface area contributed by atoms with Crippen molar-refractivity contribution in [3.63, 3.8) is 0 Å². The van der Waals surface area contributed by atoms with E-state index in [-0.39, 0.29) is 39.2 Å². The molecule has 186 valence electrons. The van der Waals surface area contributed by atoms with E-state index in [0.717, 1.165) is 30.7 Å². The summed E-state index contributed by atoms with van der Waals surface area (Å²) >= 11 is 0.846. The van der Waals surface area contributed by atoms with E-state index in [2.05, 4.69) is 23.0 Å². The molecule has 0 spiro atoms. The first kappa shape index (κ1) is 25.1. The Morgan fingerprint density at radius 1 is 1.20 bits per heavy atom. The second kappa shape index (κ2) is 8.89. The van der Waals surface area contributed by atoms with Crippen molar-refractivity contribution in [2.24, 2.45) is 10.3 Å². The van der Waals surface area contributed by atoms with Crippen LogP contribution in [0.4, 0.5) is 11.4 Å². The second-order valence-electron chi connectivity index (χ2n) is 9.40. The lowest BCUT2D eigenvalue weighted by Crippen LogP contribution is -2.44. The number of aliphatic hydroxyl groups excluding tert-OH is 1. The SMILES string of the molecule is CC(C)CC[C@@]1(C)C(=O)C(C2=NSc3cc(NS(C)(=O)=O)cc(O)c3N2O)=C(O)c2ccccc21. The first-order valence-corrected chi connectivity index (χ1v) is 13.7. The topological polar surface area (TPSA) is 140 Å². The number of carbonyl (C=O) groups is 1. The number of amidine groups is 1. The van der Waals surface area contributed by atoms with E-state index in [1.54, 1.807) is 12.1 Å². The molecular weight excluding hydrogens is 490 g/mol. The zero-order chi connectivity index (χ0) is 25.7. The van der Waals surface area contributed by atoms with Crippen molar-refractivity contribution in [2.45, 2.75) is 43.9 Å². The molecule has 1 aliphatic carbocycles. The number of aromatic hydroxyl groups is 1. The summed E-state index contributed by atoms with van der Waals surface area (Å²) in [6.07, 6.45) is 2.28. The number of nitrogens with zero attached hydrogens (tertiary/aromatic N) is 2. The van der Waals surface area contributed by atoms with Crippen molar-refractivity contribution in [3.05, 3.63) is 53.1 Å². The van der Waals surface area contributed by atoms with Crippen molar-refractivity contribution in [3.8, 4) is 5.75 Å². The van der Waals surface area contributed by atoms with Crippen LogP contribution in [0.1, 0.15) is 44.7 Å². The first-order valence-electron chi connectivity index (χ1n) is 11.0. The van der Waals surface area contributed by atoms with Crippen molar-refractivity contribution in [2.75, 3.05) is 16.0 Å². The summed E-state index contributed by atoms with van der Waals surface area (Å²) in [6, 6.07) is 9.68. The minimum atomic E-state index is -3.60. The second-order valence-corrected chi connectivity index (χ2v) is 12.0. The van der Waals surface area contributed by atoms with Crippen LogP contribution in [0.25, 0.3) is 5.76 Å². The van der Waals surface area contributed by atoms with Crippen molar-refractivity contribution < 1.29 is 28.6 Å². The largest absolute Gasteiger partial charge is 0.506 e.